The van der Waals surface area contributed by atoms with E-state index in [1.54, 1.807) is 19.0 Å². The van der Waals surface area contributed by atoms with Gasteiger partial charge < -0.3 is 9.47 Å². The van der Waals surface area contributed by atoms with Gasteiger partial charge in [0.1, 0.15) is 5.25 Å². The summed E-state index contributed by atoms with van der Waals surface area (Å²) in [5.41, 5.74) is 3.19. The zero-order chi connectivity index (χ0) is 20.1. The number of nitrogens with zero attached hydrogens (tertiary/aromatic N) is 4. The van der Waals surface area contributed by atoms with Gasteiger partial charge in [0, 0.05) is 26.2 Å². The number of carbonyl (C=O) groups is 1. The van der Waals surface area contributed by atoms with Gasteiger partial charge in [-0.3, -0.25) is 4.79 Å². The SMILES string of the molecule is CCCn1c(SC(C(=O)N(C)C)c2ccccc2)nnc1-c1cccc(C)c1. The molecular weight excluding hydrogens is 368 g/mol. The molecule has 0 aliphatic carbocycles. The van der Waals surface area contributed by atoms with Crippen molar-refractivity contribution in [1.29, 1.82) is 0 Å². The molecule has 0 N–H and O–H groups in total. The number of hydrogen-bond acceptors (Lipinski definition) is 4. The van der Waals surface area contributed by atoms with Gasteiger partial charge in [0.05, 0.1) is 0 Å². The van der Waals surface area contributed by atoms with Gasteiger partial charge in [0.2, 0.25) is 5.91 Å². The predicted molar refractivity (Wildman–Crippen MR) is 114 cm³/mol. The second-order valence-corrected chi connectivity index (χ2v) is 8.04. The molecule has 3 rings (SSSR count). The molecule has 1 aromatic heterocycles. The number of aromatic nitrogens is 3. The van der Waals surface area contributed by atoms with Gasteiger partial charge >= 0.3 is 0 Å². The van der Waals surface area contributed by atoms with E-state index >= 15 is 0 Å². The maximum absolute atomic E-state index is 12.9. The standard InChI is InChI=1S/C22H26N4OS/c1-5-14-26-20(18-13-9-10-16(2)15-18)23-24-22(26)28-19(21(27)25(3)4)17-11-7-6-8-12-17/h6-13,15,19H,5,14H2,1-4H3. The lowest BCUT2D eigenvalue weighted by molar-refractivity contribution is -0.128. The zero-order valence-corrected chi connectivity index (χ0v) is 17.6. The fourth-order valence-electron chi connectivity index (χ4n) is 3.03. The van der Waals surface area contributed by atoms with Gasteiger partial charge in [-0.2, -0.15) is 0 Å². The molecule has 0 aliphatic heterocycles. The van der Waals surface area contributed by atoms with E-state index < -0.39 is 0 Å². The van der Waals surface area contributed by atoms with Crippen LogP contribution in [0.15, 0.2) is 59.8 Å². The number of amides is 1. The Labute approximate surface area is 170 Å². The minimum atomic E-state index is -0.360. The van der Waals surface area contributed by atoms with Crippen molar-refractivity contribution in [3.8, 4) is 11.4 Å². The summed E-state index contributed by atoms with van der Waals surface area (Å²) >= 11 is 1.46. The molecule has 1 atom stereocenters. The number of carbonyl (C=O) groups excluding carboxylic acids is 1. The molecule has 28 heavy (non-hydrogen) atoms. The average Bonchev–Trinajstić information content (AvgIpc) is 3.09. The van der Waals surface area contributed by atoms with Crippen LogP contribution in [0, 0.1) is 6.92 Å². The molecule has 1 amide bonds. The van der Waals surface area contributed by atoms with E-state index in [0.717, 1.165) is 35.1 Å². The highest BCUT2D eigenvalue weighted by atomic mass is 32.2. The Balaban J connectivity index is 2.00. The van der Waals surface area contributed by atoms with Crippen molar-refractivity contribution in [2.24, 2.45) is 0 Å². The van der Waals surface area contributed by atoms with Crippen molar-refractivity contribution < 1.29 is 4.79 Å². The van der Waals surface area contributed by atoms with E-state index in [2.05, 4.69) is 46.8 Å². The van der Waals surface area contributed by atoms with Crippen LogP contribution in [0.3, 0.4) is 0 Å². The summed E-state index contributed by atoms with van der Waals surface area (Å²) in [5, 5.41) is 9.32. The Kier molecular flexibility index (Phi) is 6.52. The number of hydrogen-bond donors (Lipinski definition) is 0. The van der Waals surface area contributed by atoms with Gasteiger partial charge in [-0.25, -0.2) is 0 Å². The number of likely N-dealkylation sites (N-methyl/N-ethyl adjacent to an activating group) is 1. The van der Waals surface area contributed by atoms with Crippen LogP contribution in [0.25, 0.3) is 11.4 Å². The van der Waals surface area contributed by atoms with Crippen LogP contribution in [-0.2, 0) is 11.3 Å². The Bertz CT molecular complexity index is 937. The highest BCUT2D eigenvalue weighted by molar-refractivity contribution is 8.00. The normalized spacial score (nSPS) is 12.0. The number of aryl methyl sites for hydroxylation is 1. The van der Waals surface area contributed by atoms with Crippen molar-refractivity contribution in [1.82, 2.24) is 19.7 Å². The lowest BCUT2D eigenvalue weighted by atomic mass is 10.1. The largest absolute Gasteiger partial charge is 0.348 e. The van der Waals surface area contributed by atoms with Crippen molar-refractivity contribution >= 4 is 17.7 Å². The van der Waals surface area contributed by atoms with Crippen LogP contribution >= 0.6 is 11.8 Å². The fraction of sp³-hybridized carbons (Fsp3) is 0.318. The van der Waals surface area contributed by atoms with Crippen molar-refractivity contribution in [2.45, 2.75) is 37.2 Å². The summed E-state index contributed by atoms with van der Waals surface area (Å²) < 4.78 is 2.12. The molecule has 1 unspecified atom stereocenters. The number of rotatable bonds is 7. The van der Waals surface area contributed by atoms with Crippen molar-refractivity contribution in [3.05, 3.63) is 65.7 Å². The molecule has 146 valence electrons. The van der Waals surface area contributed by atoms with Crippen molar-refractivity contribution in [3.63, 3.8) is 0 Å². The molecule has 0 fully saturated rings. The Morgan fingerprint density at radius 1 is 1.11 bits per heavy atom. The van der Waals surface area contributed by atoms with E-state index in [-0.39, 0.29) is 11.2 Å². The van der Waals surface area contributed by atoms with Crippen LogP contribution in [0.1, 0.15) is 29.7 Å². The Hall–Kier alpha value is -2.60. The highest BCUT2D eigenvalue weighted by Gasteiger charge is 2.27. The average molecular weight is 395 g/mol. The van der Waals surface area contributed by atoms with E-state index in [1.165, 1.54) is 17.3 Å². The monoisotopic (exact) mass is 394 g/mol. The smallest absolute Gasteiger partial charge is 0.240 e. The first-order valence-electron chi connectivity index (χ1n) is 9.44. The third-order valence-electron chi connectivity index (χ3n) is 4.43. The molecule has 0 aliphatic rings. The third kappa shape index (κ3) is 4.44. The summed E-state index contributed by atoms with van der Waals surface area (Å²) in [7, 11) is 3.57. The molecule has 0 saturated heterocycles. The van der Waals surface area contributed by atoms with Crippen LogP contribution < -0.4 is 0 Å². The zero-order valence-electron chi connectivity index (χ0n) is 16.8. The highest BCUT2D eigenvalue weighted by Crippen LogP contribution is 2.37. The van der Waals surface area contributed by atoms with Crippen LogP contribution in [-0.4, -0.2) is 39.7 Å². The molecule has 6 heteroatoms. The molecule has 1 heterocycles. The molecule has 0 bridgehead atoms. The minimum absolute atomic E-state index is 0.0411. The fourth-order valence-corrected chi connectivity index (χ4v) is 4.24. The number of thioether (sulfide) groups is 1. The second-order valence-electron chi connectivity index (χ2n) is 6.97. The number of benzene rings is 2. The van der Waals surface area contributed by atoms with Gasteiger partial charge in [-0.05, 0) is 25.0 Å². The molecule has 0 saturated carbocycles. The summed E-state index contributed by atoms with van der Waals surface area (Å²) in [6, 6.07) is 18.1. The van der Waals surface area contributed by atoms with Gasteiger partial charge in [-0.1, -0.05) is 72.8 Å². The topological polar surface area (TPSA) is 51.0 Å². The molecule has 0 spiro atoms. The predicted octanol–water partition coefficient (Wildman–Crippen LogP) is 4.59. The van der Waals surface area contributed by atoms with Gasteiger partial charge in [0.25, 0.3) is 0 Å². The van der Waals surface area contributed by atoms with Crippen LogP contribution in [0.4, 0.5) is 0 Å². The van der Waals surface area contributed by atoms with Crippen molar-refractivity contribution in [2.75, 3.05) is 14.1 Å². The quantitative estimate of drug-likeness (QED) is 0.550. The van der Waals surface area contributed by atoms with E-state index in [0.29, 0.717) is 0 Å². The lowest BCUT2D eigenvalue weighted by Gasteiger charge is -2.20. The minimum Gasteiger partial charge on any atom is -0.348 e. The molecule has 2 aromatic carbocycles. The van der Waals surface area contributed by atoms with Crippen LogP contribution in [0.5, 0.6) is 0 Å². The molecule has 5 nitrogen and oxygen atoms in total. The van der Waals surface area contributed by atoms with E-state index in [4.69, 9.17) is 0 Å². The van der Waals surface area contributed by atoms with Crippen LogP contribution in [0.2, 0.25) is 0 Å². The van der Waals surface area contributed by atoms with E-state index in [1.807, 2.05) is 36.4 Å². The molecule has 0 radical (unpaired) electrons. The maximum atomic E-state index is 12.9. The summed E-state index contributed by atoms with van der Waals surface area (Å²) in [4.78, 5) is 14.5. The van der Waals surface area contributed by atoms with E-state index in [9.17, 15) is 4.79 Å². The first-order chi connectivity index (χ1) is 13.5. The summed E-state index contributed by atoms with van der Waals surface area (Å²) in [6.45, 7) is 5.01. The van der Waals surface area contributed by atoms with Gasteiger partial charge in [0.15, 0.2) is 11.0 Å². The molecular formula is C22H26N4OS. The maximum Gasteiger partial charge on any atom is 0.240 e. The summed E-state index contributed by atoms with van der Waals surface area (Å²) in [6.07, 6.45) is 0.960. The van der Waals surface area contributed by atoms with Gasteiger partial charge in [-0.15, -0.1) is 10.2 Å². The Morgan fingerprint density at radius 2 is 1.86 bits per heavy atom. The Morgan fingerprint density at radius 3 is 2.50 bits per heavy atom. The molecule has 3 aromatic rings. The first kappa shape index (κ1) is 20.1. The summed E-state index contributed by atoms with van der Waals surface area (Å²) in [5.74, 6) is 0.886. The second kappa shape index (κ2) is 9.06. The third-order valence-corrected chi connectivity index (χ3v) is 5.65. The lowest BCUT2D eigenvalue weighted by Crippen LogP contribution is -2.27. The first-order valence-corrected chi connectivity index (χ1v) is 10.3.